The smallest absolute Gasteiger partial charge is 0.123 e. The minimum Gasteiger partial charge on any atom is -0.489 e. The highest BCUT2D eigenvalue weighted by atomic mass is 35.5. The fourth-order valence-corrected chi connectivity index (χ4v) is 2.79. The van der Waals surface area contributed by atoms with Gasteiger partial charge in [-0.2, -0.15) is 0 Å². The van der Waals surface area contributed by atoms with Gasteiger partial charge in [-0.05, 0) is 54.4 Å². The fraction of sp³-hybridized carbons (Fsp3) is 0.182. The molecule has 3 aromatic rings. The number of nitrogens with one attached hydrogen (secondary N) is 1. The van der Waals surface area contributed by atoms with Crippen LogP contribution in [-0.2, 0) is 19.6 Å². The summed E-state index contributed by atoms with van der Waals surface area (Å²) in [5.74, 6) is 0.624. The lowest BCUT2D eigenvalue weighted by Crippen LogP contribution is -2.16. The third-order valence-corrected chi connectivity index (χ3v) is 4.48. The van der Waals surface area contributed by atoms with Gasteiger partial charge in [0.25, 0.3) is 0 Å². The van der Waals surface area contributed by atoms with Crippen molar-refractivity contribution in [3.63, 3.8) is 0 Å². The van der Waals surface area contributed by atoms with E-state index in [0.717, 1.165) is 41.4 Å². The number of ether oxygens (including phenoxy) is 1. The topological polar surface area (TPSA) is 21.3 Å². The monoisotopic (exact) mass is 405 g/mol. The zero-order chi connectivity index (χ0) is 18.2. The molecule has 0 aliphatic rings. The predicted octanol–water partition coefficient (Wildman–Crippen LogP) is 5.81. The largest absolute Gasteiger partial charge is 0.489 e. The second kappa shape index (κ2) is 10.9. The lowest BCUT2D eigenvalue weighted by molar-refractivity contribution is 0.306. The van der Waals surface area contributed by atoms with Crippen molar-refractivity contribution in [1.82, 2.24) is 5.32 Å². The summed E-state index contributed by atoms with van der Waals surface area (Å²) >= 11 is 6.13. The van der Waals surface area contributed by atoms with Gasteiger partial charge in [0.1, 0.15) is 18.2 Å². The molecular weight excluding hydrogens is 384 g/mol. The molecule has 0 fully saturated rings. The summed E-state index contributed by atoms with van der Waals surface area (Å²) in [6.07, 6.45) is 0.874. The highest BCUT2D eigenvalue weighted by molar-refractivity contribution is 6.31. The van der Waals surface area contributed by atoms with Crippen molar-refractivity contribution < 1.29 is 9.13 Å². The van der Waals surface area contributed by atoms with Crippen molar-refractivity contribution in [3.8, 4) is 5.75 Å². The Hall–Kier alpha value is -2.07. The van der Waals surface area contributed by atoms with E-state index < -0.39 is 0 Å². The fourth-order valence-electron chi connectivity index (χ4n) is 2.60. The molecule has 0 bridgehead atoms. The van der Waals surface area contributed by atoms with Crippen molar-refractivity contribution in [2.24, 2.45) is 0 Å². The zero-order valence-corrected chi connectivity index (χ0v) is 16.4. The van der Waals surface area contributed by atoms with E-state index in [1.54, 1.807) is 0 Å². The maximum Gasteiger partial charge on any atom is 0.123 e. The van der Waals surface area contributed by atoms with Gasteiger partial charge in [0.15, 0.2) is 0 Å². The average Bonchev–Trinajstić information content (AvgIpc) is 2.67. The van der Waals surface area contributed by atoms with E-state index in [4.69, 9.17) is 16.3 Å². The van der Waals surface area contributed by atoms with Gasteiger partial charge < -0.3 is 10.1 Å². The lowest BCUT2D eigenvalue weighted by Gasteiger charge is -2.09. The molecule has 0 heterocycles. The standard InChI is InChI=1S/C22H21ClFNO.ClH/c23-22-4-2-1-3-19(22)16-26-21-11-7-18(8-12-21)15-25-14-13-17-5-9-20(24)10-6-17;/h1-12,25H,13-16H2;1H. The van der Waals surface area contributed by atoms with E-state index >= 15 is 0 Å². The summed E-state index contributed by atoms with van der Waals surface area (Å²) < 4.78 is 18.7. The molecule has 1 N–H and O–H groups in total. The van der Waals surface area contributed by atoms with E-state index in [1.807, 2.05) is 60.7 Å². The van der Waals surface area contributed by atoms with Gasteiger partial charge in [-0.25, -0.2) is 4.39 Å². The number of hydrogen-bond acceptors (Lipinski definition) is 2. The molecule has 0 spiro atoms. The first kappa shape index (κ1) is 21.2. The number of rotatable bonds is 8. The van der Waals surface area contributed by atoms with E-state index in [-0.39, 0.29) is 18.2 Å². The van der Waals surface area contributed by atoms with Crippen LogP contribution in [0.3, 0.4) is 0 Å². The Labute approximate surface area is 170 Å². The molecule has 0 amide bonds. The van der Waals surface area contributed by atoms with E-state index in [2.05, 4.69) is 5.32 Å². The highest BCUT2D eigenvalue weighted by Gasteiger charge is 2.01. The molecule has 0 radical (unpaired) electrons. The SMILES string of the molecule is Cl.Fc1ccc(CCNCc2ccc(OCc3ccccc3Cl)cc2)cc1. The molecule has 0 saturated carbocycles. The maximum absolute atomic E-state index is 12.9. The Kier molecular flexibility index (Phi) is 8.59. The molecule has 0 unspecified atom stereocenters. The van der Waals surface area contributed by atoms with Crippen LogP contribution < -0.4 is 10.1 Å². The lowest BCUT2D eigenvalue weighted by atomic mass is 10.1. The third-order valence-electron chi connectivity index (χ3n) is 4.11. The van der Waals surface area contributed by atoms with Crippen LogP contribution in [-0.4, -0.2) is 6.54 Å². The van der Waals surface area contributed by atoms with Crippen LogP contribution >= 0.6 is 24.0 Å². The van der Waals surface area contributed by atoms with E-state index in [9.17, 15) is 4.39 Å². The summed E-state index contributed by atoms with van der Waals surface area (Å²) in [6.45, 7) is 2.08. The number of benzene rings is 3. The quantitative estimate of drug-likeness (QED) is 0.477. The third kappa shape index (κ3) is 6.87. The summed E-state index contributed by atoms with van der Waals surface area (Å²) in [5.41, 5.74) is 3.29. The van der Waals surface area contributed by atoms with Crippen molar-refractivity contribution in [1.29, 1.82) is 0 Å². The number of halogens is 3. The van der Waals surface area contributed by atoms with Crippen LogP contribution in [0.4, 0.5) is 4.39 Å². The molecule has 5 heteroatoms. The molecule has 0 aliphatic carbocycles. The van der Waals surface area contributed by atoms with Gasteiger partial charge in [0.05, 0.1) is 0 Å². The molecule has 27 heavy (non-hydrogen) atoms. The minimum atomic E-state index is -0.196. The summed E-state index contributed by atoms with van der Waals surface area (Å²) in [6, 6.07) is 22.3. The van der Waals surface area contributed by atoms with E-state index in [1.165, 1.54) is 17.7 Å². The second-order valence-corrected chi connectivity index (χ2v) is 6.48. The Morgan fingerprint density at radius 3 is 2.22 bits per heavy atom. The van der Waals surface area contributed by atoms with Crippen molar-refractivity contribution >= 4 is 24.0 Å². The van der Waals surface area contributed by atoms with Gasteiger partial charge in [0.2, 0.25) is 0 Å². The molecule has 142 valence electrons. The molecular formula is C22H22Cl2FNO. The summed E-state index contributed by atoms with van der Waals surface area (Å²) in [5, 5.41) is 4.11. The summed E-state index contributed by atoms with van der Waals surface area (Å²) in [7, 11) is 0. The molecule has 0 aliphatic heterocycles. The van der Waals surface area contributed by atoms with Crippen LogP contribution in [0.1, 0.15) is 16.7 Å². The van der Waals surface area contributed by atoms with Crippen LogP contribution in [0.15, 0.2) is 72.8 Å². The van der Waals surface area contributed by atoms with Crippen molar-refractivity contribution in [3.05, 3.63) is 100 Å². The molecule has 3 rings (SSSR count). The molecule has 0 atom stereocenters. The predicted molar refractivity (Wildman–Crippen MR) is 111 cm³/mol. The molecule has 0 aromatic heterocycles. The summed E-state index contributed by atoms with van der Waals surface area (Å²) in [4.78, 5) is 0. The molecule has 3 aromatic carbocycles. The molecule has 2 nitrogen and oxygen atoms in total. The first-order valence-corrected chi connectivity index (χ1v) is 8.99. The Morgan fingerprint density at radius 1 is 0.852 bits per heavy atom. The van der Waals surface area contributed by atoms with Crippen LogP contribution in [0.2, 0.25) is 5.02 Å². The highest BCUT2D eigenvalue weighted by Crippen LogP contribution is 2.19. The zero-order valence-electron chi connectivity index (χ0n) is 14.8. The normalized spacial score (nSPS) is 10.3. The van der Waals surface area contributed by atoms with Crippen LogP contribution in [0, 0.1) is 5.82 Å². The van der Waals surface area contributed by atoms with Crippen molar-refractivity contribution in [2.75, 3.05) is 6.54 Å². The molecule has 0 saturated heterocycles. The van der Waals surface area contributed by atoms with Gasteiger partial charge in [0, 0.05) is 17.1 Å². The van der Waals surface area contributed by atoms with Gasteiger partial charge in [-0.3, -0.25) is 0 Å². The van der Waals surface area contributed by atoms with Crippen LogP contribution in [0.25, 0.3) is 0 Å². The first-order chi connectivity index (χ1) is 12.7. The minimum absolute atomic E-state index is 0. The van der Waals surface area contributed by atoms with Crippen molar-refractivity contribution in [2.45, 2.75) is 19.6 Å². The maximum atomic E-state index is 12.9. The second-order valence-electron chi connectivity index (χ2n) is 6.08. The van der Waals surface area contributed by atoms with Gasteiger partial charge >= 0.3 is 0 Å². The Morgan fingerprint density at radius 2 is 1.52 bits per heavy atom. The first-order valence-electron chi connectivity index (χ1n) is 8.61. The van der Waals surface area contributed by atoms with Gasteiger partial charge in [-0.1, -0.05) is 54.1 Å². The Balaban J connectivity index is 0.00000261. The van der Waals surface area contributed by atoms with E-state index in [0.29, 0.717) is 6.61 Å². The van der Waals surface area contributed by atoms with Gasteiger partial charge in [-0.15, -0.1) is 12.4 Å². The van der Waals surface area contributed by atoms with Crippen LogP contribution in [0.5, 0.6) is 5.75 Å². The Bertz CT molecular complexity index is 822. The number of hydrogen-bond donors (Lipinski definition) is 1. The average molecular weight is 406 g/mol.